The largest absolute Gasteiger partial charge is 0.478 e. The van der Waals surface area contributed by atoms with Gasteiger partial charge >= 0.3 is 5.97 Å². The van der Waals surface area contributed by atoms with Crippen molar-refractivity contribution in [2.75, 3.05) is 26.7 Å². The van der Waals surface area contributed by atoms with Gasteiger partial charge in [0.25, 0.3) is 5.91 Å². The molecule has 0 aliphatic carbocycles. The number of likely N-dealkylation sites (N-methyl/N-ethyl adjacent to an activating group) is 1. The molecule has 6 heteroatoms. The van der Waals surface area contributed by atoms with Crippen LogP contribution < -0.4 is 0 Å². The third kappa shape index (κ3) is 2.38. The predicted octanol–water partition coefficient (Wildman–Crippen LogP) is 0.754. The Kier molecular flexibility index (Phi) is 3.38. The third-order valence-corrected chi connectivity index (χ3v) is 3.15. The molecule has 1 saturated heterocycles. The van der Waals surface area contributed by atoms with E-state index in [-0.39, 0.29) is 23.3 Å². The molecule has 1 fully saturated rings. The Hall–Kier alpha value is -1.82. The van der Waals surface area contributed by atoms with Crippen molar-refractivity contribution >= 4 is 11.9 Å². The van der Waals surface area contributed by atoms with Crippen molar-refractivity contribution in [3.8, 4) is 0 Å². The molecule has 6 nitrogen and oxygen atoms in total. The van der Waals surface area contributed by atoms with Crippen LogP contribution >= 0.6 is 0 Å². The monoisotopic (exact) mass is 252 g/mol. The number of hydrogen-bond donors (Lipinski definition) is 1. The van der Waals surface area contributed by atoms with E-state index in [0.717, 1.165) is 19.4 Å². The summed E-state index contributed by atoms with van der Waals surface area (Å²) >= 11 is 0. The summed E-state index contributed by atoms with van der Waals surface area (Å²) < 4.78 is 5.03. The van der Waals surface area contributed by atoms with Crippen molar-refractivity contribution in [1.29, 1.82) is 0 Å². The van der Waals surface area contributed by atoms with Gasteiger partial charge in [0.05, 0.1) is 5.56 Å². The second-order valence-electron chi connectivity index (χ2n) is 4.61. The predicted molar refractivity (Wildman–Crippen MR) is 63.7 cm³/mol. The van der Waals surface area contributed by atoms with E-state index in [9.17, 15) is 9.59 Å². The minimum absolute atomic E-state index is 0.000121. The molecule has 1 aliphatic rings. The van der Waals surface area contributed by atoms with Crippen LogP contribution in [0.25, 0.3) is 0 Å². The van der Waals surface area contributed by atoms with Crippen LogP contribution in [0.2, 0.25) is 0 Å². The smallest absolute Gasteiger partial charge is 0.338 e. The fraction of sp³-hybridized carbons (Fsp3) is 0.500. The van der Waals surface area contributed by atoms with E-state index in [0.29, 0.717) is 6.54 Å². The van der Waals surface area contributed by atoms with Crippen LogP contribution in [0.5, 0.6) is 0 Å². The highest BCUT2D eigenvalue weighted by Gasteiger charge is 2.28. The molecule has 2 rings (SSSR count). The lowest BCUT2D eigenvalue weighted by Crippen LogP contribution is -2.52. The number of carboxylic acid groups (broad SMARTS) is 1. The molecule has 98 valence electrons. The van der Waals surface area contributed by atoms with Crippen LogP contribution in [-0.4, -0.2) is 59.5 Å². The summed E-state index contributed by atoms with van der Waals surface area (Å²) in [6.45, 7) is 4.20. The Morgan fingerprint density at radius 1 is 1.44 bits per heavy atom. The van der Waals surface area contributed by atoms with E-state index in [1.54, 1.807) is 4.90 Å². The molecule has 2 heterocycles. The van der Waals surface area contributed by atoms with Crippen molar-refractivity contribution in [3.05, 3.63) is 23.7 Å². The van der Waals surface area contributed by atoms with Crippen molar-refractivity contribution in [1.82, 2.24) is 9.80 Å². The Bertz CT molecular complexity index is 468. The van der Waals surface area contributed by atoms with Gasteiger partial charge in [-0.2, -0.15) is 0 Å². The van der Waals surface area contributed by atoms with E-state index >= 15 is 0 Å². The molecule has 1 aromatic rings. The first-order valence-electron chi connectivity index (χ1n) is 5.80. The minimum atomic E-state index is -1.09. The Labute approximate surface area is 105 Å². The van der Waals surface area contributed by atoms with Gasteiger partial charge in [-0.15, -0.1) is 0 Å². The Morgan fingerprint density at radius 3 is 2.72 bits per heavy atom. The maximum Gasteiger partial charge on any atom is 0.338 e. The summed E-state index contributed by atoms with van der Waals surface area (Å²) in [4.78, 5) is 26.8. The second-order valence-corrected chi connectivity index (χ2v) is 4.61. The van der Waals surface area contributed by atoms with Gasteiger partial charge in [0.15, 0.2) is 5.76 Å². The molecule has 0 spiro atoms. The molecule has 1 aromatic heterocycles. The van der Waals surface area contributed by atoms with E-state index in [4.69, 9.17) is 9.52 Å². The van der Waals surface area contributed by atoms with E-state index in [1.165, 1.54) is 6.07 Å². The lowest BCUT2D eigenvalue weighted by Gasteiger charge is -2.37. The van der Waals surface area contributed by atoms with Crippen molar-refractivity contribution in [2.24, 2.45) is 0 Å². The summed E-state index contributed by atoms with van der Waals surface area (Å²) in [5, 5.41) is 8.79. The maximum atomic E-state index is 12.2. The first kappa shape index (κ1) is 12.6. The number of amides is 1. The number of furan rings is 1. The molecule has 0 aromatic carbocycles. The van der Waals surface area contributed by atoms with Crippen LogP contribution in [0.3, 0.4) is 0 Å². The van der Waals surface area contributed by atoms with Gasteiger partial charge in [0.1, 0.15) is 6.26 Å². The van der Waals surface area contributed by atoms with Gasteiger partial charge in [0.2, 0.25) is 0 Å². The highest BCUT2D eigenvalue weighted by Crippen LogP contribution is 2.15. The van der Waals surface area contributed by atoms with Crippen molar-refractivity contribution in [2.45, 2.75) is 13.0 Å². The molecule has 1 aliphatic heterocycles. The Balaban J connectivity index is 2.13. The number of hydrogen-bond acceptors (Lipinski definition) is 4. The fourth-order valence-corrected chi connectivity index (χ4v) is 2.14. The highest BCUT2D eigenvalue weighted by molar-refractivity contribution is 5.95. The minimum Gasteiger partial charge on any atom is -0.478 e. The lowest BCUT2D eigenvalue weighted by molar-refractivity contribution is 0.0502. The number of carbonyl (C=O) groups is 2. The van der Waals surface area contributed by atoms with Crippen LogP contribution in [0, 0.1) is 0 Å². The average Bonchev–Trinajstić information content (AvgIpc) is 2.77. The van der Waals surface area contributed by atoms with Gasteiger partial charge in [-0.1, -0.05) is 0 Å². The van der Waals surface area contributed by atoms with Gasteiger partial charge in [-0.3, -0.25) is 4.79 Å². The van der Waals surface area contributed by atoms with E-state index in [2.05, 4.69) is 4.90 Å². The summed E-state index contributed by atoms with van der Waals surface area (Å²) in [6, 6.07) is 1.37. The van der Waals surface area contributed by atoms with Gasteiger partial charge in [-0.25, -0.2) is 4.79 Å². The molecular weight excluding hydrogens is 236 g/mol. The summed E-state index contributed by atoms with van der Waals surface area (Å²) in [6.07, 6.45) is 1.09. The summed E-state index contributed by atoms with van der Waals surface area (Å²) in [7, 11) is 2.01. The molecule has 1 N–H and O–H groups in total. The van der Waals surface area contributed by atoms with Crippen LogP contribution in [-0.2, 0) is 0 Å². The first-order valence-corrected chi connectivity index (χ1v) is 5.80. The van der Waals surface area contributed by atoms with E-state index in [1.807, 2.05) is 14.0 Å². The van der Waals surface area contributed by atoms with Crippen LogP contribution in [0.1, 0.15) is 27.8 Å². The van der Waals surface area contributed by atoms with Gasteiger partial charge in [0, 0.05) is 31.7 Å². The number of rotatable bonds is 2. The van der Waals surface area contributed by atoms with Gasteiger partial charge in [-0.05, 0) is 14.0 Å². The molecule has 1 unspecified atom stereocenters. The van der Waals surface area contributed by atoms with Crippen LogP contribution in [0.15, 0.2) is 16.7 Å². The molecule has 1 amide bonds. The maximum absolute atomic E-state index is 12.2. The number of piperazine rings is 1. The molecule has 0 saturated carbocycles. The lowest BCUT2D eigenvalue weighted by atomic mass is 10.2. The molecule has 18 heavy (non-hydrogen) atoms. The van der Waals surface area contributed by atoms with E-state index < -0.39 is 5.97 Å². The zero-order valence-electron chi connectivity index (χ0n) is 10.4. The fourth-order valence-electron chi connectivity index (χ4n) is 2.14. The average molecular weight is 252 g/mol. The molecule has 0 bridgehead atoms. The normalized spacial score (nSPS) is 21.0. The number of carboxylic acids is 1. The zero-order chi connectivity index (χ0) is 13.3. The quantitative estimate of drug-likeness (QED) is 0.841. The number of carbonyl (C=O) groups excluding carboxylic acids is 1. The van der Waals surface area contributed by atoms with Crippen molar-refractivity contribution in [3.63, 3.8) is 0 Å². The molecular formula is C12H16N2O4. The molecule has 1 atom stereocenters. The third-order valence-electron chi connectivity index (χ3n) is 3.15. The summed E-state index contributed by atoms with van der Waals surface area (Å²) in [5.41, 5.74) is 0.000121. The molecule has 0 radical (unpaired) electrons. The summed E-state index contributed by atoms with van der Waals surface area (Å²) in [5.74, 6) is -1.25. The SMILES string of the molecule is CC1CN(C)CCN1C(=O)c1cc(C(=O)O)co1. The topological polar surface area (TPSA) is 74.0 Å². The van der Waals surface area contributed by atoms with Crippen LogP contribution in [0.4, 0.5) is 0 Å². The van der Waals surface area contributed by atoms with Crippen molar-refractivity contribution < 1.29 is 19.1 Å². The highest BCUT2D eigenvalue weighted by atomic mass is 16.4. The number of nitrogens with zero attached hydrogens (tertiary/aromatic N) is 2. The second kappa shape index (κ2) is 4.81. The first-order chi connectivity index (χ1) is 8.49. The standard InChI is InChI=1S/C12H16N2O4/c1-8-6-13(2)3-4-14(8)11(15)10-5-9(7-18-10)12(16)17/h5,7-8H,3-4,6H2,1-2H3,(H,16,17). The van der Waals surface area contributed by atoms with Gasteiger partial charge < -0.3 is 19.3 Å². The number of aromatic carboxylic acids is 1. The Morgan fingerprint density at radius 2 is 2.17 bits per heavy atom. The zero-order valence-corrected chi connectivity index (χ0v) is 10.4.